The van der Waals surface area contributed by atoms with E-state index in [1.807, 2.05) is 87.5 Å². The molecule has 0 saturated heterocycles. The molecule has 0 aliphatic rings. The summed E-state index contributed by atoms with van der Waals surface area (Å²) in [6.07, 6.45) is 0.717. The standard InChI is InChI=1S/C29H30ClN5O2/c1-4-16-34(29(37)31-25-15-10-20(2)17-21(25)3)19-28(36)32-27-18-26(22-8-6-5-7-9-22)33-35(27)24-13-11-23(30)12-14-24/h5-15,17-18H,4,16,19H2,1-3H3,(H,31,37)(H,32,36). The second kappa shape index (κ2) is 11.8. The fourth-order valence-corrected chi connectivity index (χ4v) is 4.15. The van der Waals surface area contributed by atoms with E-state index in [1.54, 1.807) is 16.8 Å². The Morgan fingerprint density at radius 1 is 0.946 bits per heavy atom. The van der Waals surface area contributed by atoms with Gasteiger partial charge in [0.25, 0.3) is 0 Å². The SMILES string of the molecule is CCCN(CC(=O)Nc1cc(-c2ccccc2)nn1-c1ccc(Cl)cc1)C(=O)Nc1ccc(C)cc1C. The molecule has 0 aliphatic carbocycles. The third kappa shape index (κ3) is 6.57. The zero-order chi connectivity index (χ0) is 26.4. The van der Waals surface area contributed by atoms with Crippen LogP contribution in [0.1, 0.15) is 24.5 Å². The molecule has 8 heteroatoms. The second-order valence-corrected chi connectivity index (χ2v) is 9.32. The van der Waals surface area contributed by atoms with Crippen molar-refractivity contribution in [1.29, 1.82) is 0 Å². The Labute approximate surface area is 222 Å². The van der Waals surface area contributed by atoms with Gasteiger partial charge in [0, 0.05) is 28.9 Å². The average molecular weight is 516 g/mol. The van der Waals surface area contributed by atoms with Crippen LogP contribution in [0.15, 0.2) is 78.9 Å². The number of urea groups is 1. The number of nitrogens with one attached hydrogen (secondary N) is 2. The molecule has 0 radical (unpaired) electrons. The van der Waals surface area contributed by atoms with E-state index in [0.717, 1.165) is 28.1 Å². The molecule has 1 heterocycles. The summed E-state index contributed by atoms with van der Waals surface area (Å²) in [7, 11) is 0. The average Bonchev–Trinajstić information content (AvgIpc) is 3.30. The molecular weight excluding hydrogens is 486 g/mol. The molecular formula is C29H30ClN5O2. The Hall–Kier alpha value is -4.10. The number of aromatic nitrogens is 2. The van der Waals surface area contributed by atoms with E-state index < -0.39 is 0 Å². The molecule has 0 spiro atoms. The fourth-order valence-electron chi connectivity index (χ4n) is 4.03. The third-order valence-electron chi connectivity index (χ3n) is 5.86. The number of amides is 3. The monoisotopic (exact) mass is 515 g/mol. The van der Waals surface area contributed by atoms with E-state index in [9.17, 15) is 9.59 Å². The van der Waals surface area contributed by atoms with E-state index in [0.29, 0.717) is 29.5 Å². The van der Waals surface area contributed by atoms with E-state index >= 15 is 0 Å². The quantitative estimate of drug-likeness (QED) is 0.274. The molecule has 2 N–H and O–H groups in total. The van der Waals surface area contributed by atoms with Crippen molar-refractivity contribution in [3.05, 3.63) is 95.0 Å². The first kappa shape index (κ1) is 26.0. The lowest BCUT2D eigenvalue weighted by Gasteiger charge is -2.23. The van der Waals surface area contributed by atoms with Crippen LogP contribution >= 0.6 is 11.6 Å². The lowest BCUT2D eigenvalue weighted by molar-refractivity contribution is -0.116. The minimum atomic E-state index is -0.320. The predicted octanol–water partition coefficient (Wildman–Crippen LogP) is 6.69. The van der Waals surface area contributed by atoms with Crippen LogP contribution in [0, 0.1) is 13.8 Å². The van der Waals surface area contributed by atoms with Crippen molar-refractivity contribution in [2.75, 3.05) is 23.7 Å². The zero-order valence-corrected chi connectivity index (χ0v) is 21.9. The lowest BCUT2D eigenvalue weighted by atomic mass is 10.1. The maximum atomic E-state index is 13.2. The van der Waals surface area contributed by atoms with Crippen molar-refractivity contribution in [3.8, 4) is 16.9 Å². The van der Waals surface area contributed by atoms with Gasteiger partial charge in [0.1, 0.15) is 12.4 Å². The molecule has 37 heavy (non-hydrogen) atoms. The van der Waals surface area contributed by atoms with Crippen molar-refractivity contribution in [2.45, 2.75) is 27.2 Å². The Morgan fingerprint density at radius 3 is 2.35 bits per heavy atom. The number of carbonyl (C=O) groups is 2. The largest absolute Gasteiger partial charge is 0.322 e. The van der Waals surface area contributed by atoms with Crippen LogP contribution in [-0.4, -0.2) is 39.7 Å². The smallest absolute Gasteiger partial charge is 0.315 e. The maximum Gasteiger partial charge on any atom is 0.322 e. The molecule has 4 aromatic rings. The number of hydrogen-bond donors (Lipinski definition) is 2. The molecule has 3 aromatic carbocycles. The summed E-state index contributed by atoms with van der Waals surface area (Å²) >= 11 is 6.07. The van der Waals surface area contributed by atoms with Crippen LogP contribution in [0.5, 0.6) is 0 Å². The molecule has 0 saturated carbocycles. The molecule has 0 atom stereocenters. The summed E-state index contributed by atoms with van der Waals surface area (Å²) in [5.41, 5.74) is 5.20. The normalized spacial score (nSPS) is 10.7. The van der Waals surface area contributed by atoms with Crippen molar-refractivity contribution >= 4 is 35.0 Å². The van der Waals surface area contributed by atoms with Crippen molar-refractivity contribution in [1.82, 2.24) is 14.7 Å². The van der Waals surface area contributed by atoms with Gasteiger partial charge >= 0.3 is 6.03 Å². The summed E-state index contributed by atoms with van der Waals surface area (Å²) < 4.78 is 1.66. The highest BCUT2D eigenvalue weighted by Gasteiger charge is 2.20. The van der Waals surface area contributed by atoms with Crippen LogP contribution < -0.4 is 10.6 Å². The number of anilines is 2. The van der Waals surface area contributed by atoms with Gasteiger partial charge in [0.15, 0.2) is 0 Å². The number of carbonyl (C=O) groups excluding carboxylic acids is 2. The van der Waals surface area contributed by atoms with Gasteiger partial charge in [-0.25, -0.2) is 9.48 Å². The molecule has 0 fully saturated rings. The highest BCUT2D eigenvalue weighted by atomic mass is 35.5. The molecule has 0 unspecified atom stereocenters. The summed E-state index contributed by atoms with van der Waals surface area (Å²) in [6, 6.07) is 24.3. The van der Waals surface area contributed by atoms with Gasteiger partial charge < -0.3 is 15.5 Å². The van der Waals surface area contributed by atoms with Crippen LogP contribution in [-0.2, 0) is 4.79 Å². The Bertz CT molecular complexity index is 1380. The summed E-state index contributed by atoms with van der Waals surface area (Å²) in [5, 5.41) is 11.2. The number of rotatable bonds is 8. The minimum Gasteiger partial charge on any atom is -0.315 e. The third-order valence-corrected chi connectivity index (χ3v) is 6.11. The van der Waals surface area contributed by atoms with E-state index in [2.05, 4.69) is 10.6 Å². The number of aryl methyl sites for hydroxylation is 2. The van der Waals surface area contributed by atoms with Crippen LogP contribution in [0.4, 0.5) is 16.3 Å². The van der Waals surface area contributed by atoms with Gasteiger partial charge in [0.05, 0.1) is 11.4 Å². The number of hydrogen-bond acceptors (Lipinski definition) is 3. The summed E-state index contributed by atoms with van der Waals surface area (Å²) in [6.45, 7) is 6.26. The topological polar surface area (TPSA) is 79.3 Å². The second-order valence-electron chi connectivity index (χ2n) is 8.89. The highest BCUT2D eigenvalue weighted by Crippen LogP contribution is 2.25. The van der Waals surface area contributed by atoms with Gasteiger partial charge in [-0.2, -0.15) is 5.10 Å². The van der Waals surface area contributed by atoms with Crippen LogP contribution in [0.3, 0.4) is 0 Å². The van der Waals surface area contributed by atoms with Crippen molar-refractivity contribution < 1.29 is 9.59 Å². The summed E-state index contributed by atoms with van der Waals surface area (Å²) in [5.74, 6) is 0.177. The van der Waals surface area contributed by atoms with Gasteiger partial charge in [-0.05, 0) is 56.2 Å². The highest BCUT2D eigenvalue weighted by molar-refractivity contribution is 6.30. The zero-order valence-electron chi connectivity index (χ0n) is 21.2. The minimum absolute atomic E-state index is 0.100. The molecule has 4 rings (SSSR count). The first-order valence-electron chi connectivity index (χ1n) is 12.2. The van der Waals surface area contributed by atoms with Crippen LogP contribution in [0.25, 0.3) is 16.9 Å². The molecule has 0 aliphatic heterocycles. The summed E-state index contributed by atoms with van der Waals surface area (Å²) in [4.78, 5) is 27.7. The Morgan fingerprint density at radius 2 is 1.68 bits per heavy atom. The van der Waals surface area contributed by atoms with E-state index in [-0.39, 0.29) is 18.5 Å². The Balaban J connectivity index is 1.55. The first-order valence-corrected chi connectivity index (χ1v) is 12.6. The number of benzene rings is 3. The number of halogens is 1. The maximum absolute atomic E-state index is 13.2. The van der Waals surface area contributed by atoms with Crippen molar-refractivity contribution in [2.24, 2.45) is 0 Å². The molecule has 3 amide bonds. The fraction of sp³-hybridized carbons (Fsp3) is 0.207. The van der Waals surface area contributed by atoms with Gasteiger partial charge in [-0.3, -0.25) is 4.79 Å². The van der Waals surface area contributed by atoms with Gasteiger partial charge in [-0.1, -0.05) is 66.6 Å². The van der Waals surface area contributed by atoms with Crippen molar-refractivity contribution in [3.63, 3.8) is 0 Å². The van der Waals surface area contributed by atoms with Gasteiger partial charge in [-0.15, -0.1) is 0 Å². The predicted molar refractivity (Wildman–Crippen MR) is 149 cm³/mol. The van der Waals surface area contributed by atoms with Gasteiger partial charge in [0.2, 0.25) is 5.91 Å². The molecule has 1 aromatic heterocycles. The van der Waals surface area contributed by atoms with E-state index in [4.69, 9.17) is 16.7 Å². The number of nitrogens with zero attached hydrogens (tertiary/aromatic N) is 3. The molecule has 0 bridgehead atoms. The lowest BCUT2D eigenvalue weighted by Crippen LogP contribution is -2.41. The Kier molecular flexibility index (Phi) is 8.25. The van der Waals surface area contributed by atoms with E-state index in [1.165, 1.54) is 4.90 Å². The first-order chi connectivity index (χ1) is 17.8. The molecule has 190 valence electrons. The molecule has 7 nitrogen and oxygen atoms in total. The van der Waals surface area contributed by atoms with Crippen LogP contribution in [0.2, 0.25) is 5.02 Å².